The molecular weight excluding hydrogens is 376 g/mol. The van der Waals surface area contributed by atoms with Crippen LogP contribution in [0.3, 0.4) is 0 Å². The monoisotopic (exact) mass is 393 g/mol. The van der Waals surface area contributed by atoms with Gasteiger partial charge in [0.05, 0.1) is 6.54 Å². The van der Waals surface area contributed by atoms with Crippen LogP contribution >= 0.6 is 0 Å². The van der Waals surface area contributed by atoms with E-state index in [9.17, 15) is 13.6 Å². The molecule has 0 unspecified atom stereocenters. The largest absolute Gasteiger partial charge is 0.320 e. The molecule has 0 aliphatic carbocycles. The van der Waals surface area contributed by atoms with Crippen LogP contribution in [0.4, 0.5) is 14.5 Å². The molecule has 8 heteroatoms. The Balaban J connectivity index is 1.68. The van der Waals surface area contributed by atoms with Crippen molar-refractivity contribution < 1.29 is 13.6 Å². The summed E-state index contributed by atoms with van der Waals surface area (Å²) in [6.07, 6.45) is 3.53. The molecule has 2 aromatic heterocycles. The Morgan fingerprint density at radius 1 is 1.03 bits per heavy atom. The number of carbonyl (C=O) groups is 1. The predicted octanol–water partition coefficient (Wildman–Crippen LogP) is 3.96. The smallest absolute Gasteiger partial charge is 0.280 e. The van der Waals surface area contributed by atoms with Crippen LogP contribution in [-0.2, 0) is 6.54 Å². The maximum absolute atomic E-state index is 13.4. The van der Waals surface area contributed by atoms with Crippen molar-refractivity contribution >= 4 is 11.6 Å². The van der Waals surface area contributed by atoms with Gasteiger partial charge in [0.2, 0.25) is 0 Å². The van der Waals surface area contributed by atoms with E-state index in [1.165, 1.54) is 0 Å². The van der Waals surface area contributed by atoms with E-state index in [0.717, 1.165) is 29.3 Å². The van der Waals surface area contributed by atoms with Crippen molar-refractivity contribution in [3.8, 4) is 5.82 Å². The molecule has 1 amide bonds. The lowest BCUT2D eigenvalue weighted by Gasteiger charge is -2.10. The SMILES string of the molecule is Cc1ccc(Cn2nnc(C(=O)Nc3cc(F)cc(F)c3)c2-n2cccc2)cc1. The third kappa shape index (κ3) is 4.06. The molecule has 29 heavy (non-hydrogen) atoms. The zero-order valence-electron chi connectivity index (χ0n) is 15.5. The third-order valence-corrected chi connectivity index (χ3v) is 4.35. The van der Waals surface area contributed by atoms with Crippen LogP contribution in [0.25, 0.3) is 5.82 Å². The molecule has 0 radical (unpaired) electrons. The second-order valence-corrected chi connectivity index (χ2v) is 6.61. The quantitative estimate of drug-likeness (QED) is 0.558. The minimum absolute atomic E-state index is 0.000888. The van der Waals surface area contributed by atoms with Gasteiger partial charge in [-0.3, -0.25) is 4.79 Å². The Hall–Kier alpha value is -3.81. The zero-order valence-corrected chi connectivity index (χ0v) is 15.5. The molecule has 4 aromatic rings. The number of hydrogen-bond acceptors (Lipinski definition) is 3. The van der Waals surface area contributed by atoms with Crippen LogP contribution in [-0.4, -0.2) is 25.5 Å². The first-order valence-corrected chi connectivity index (χ1v) is 8.89. The minimum Gasteiger partial charge on any atom is -0.320 e. The van der Waals surface area contributed by atoms with Crippen LogP contribution in [0.2, 0.25) is 0 Å². The number of nitrogens with zero attached hydrogens (tertiary/aromatic N) is 4. The first-order chi connectivity index (χ1) is 14.0. The highest BCUT2D eigenvalue weighted by Crippen LogP contribution is 2.18. The average Bonchev–Trinajstić information content (AvgIpc) is 3.32. The minimum atomic E-state index is -0.783. The second kappa shape index (κ2) is 7.67. The summed E-state index contributed by atoms with van der Waals surface area (Å²) in [5, 5.41) is 10.6. The number of anilines is 1. The topological polar surface area (TPSA) is 64.7 Å². The van der Waals surface area contributed by atoms with Crippen molar-refractivity contribution in [2.24, 2.45) is 0 Å². The van der Waals surface area contributed by atoms with Gasteiger partial charge in [-0.2, -0.15) is 0 Å². The van der Waals surface area contributed by atoms with Gasteiger partial charge >= 0.3 is 0 Å². The van der Waals surface area contributed by atoms with Crippen molar-refractivity contribution in [3.63, 3.8) is 0 Å². The van der Waals surface area contributed by atoms with Gasteiger partial charge < -0.3 is 9.88 Å². The molecule has 146 valence electrons. The highest BCUT2D eigenvalue weighted by molar-refractivity contribution is 6.04. The van der Waals surface area contributed by atoms with Crippen molar-refractivity contribution in [1.29, 1.82) is 0 Å². The van der Waals surface area contributed by atoms with Gasteiger partial charge in [-0.05, 0) is 36.8 Å². The van der Waals surface area contributed by atoms with Crippen molar-refractivity contribution in [3.05, 3.63) is 95.4 Å². The summed E-state index contributed by atoms with van der Waals surface area (Å²) in [5.41, 5.74) is 2.17. The van der Waals surface area contributed by atoms with Crippen LogP contribution in [0, 0.1) is 18.6 Å². The van der Waals surface area contributed by atoms with Crippen molar-refractivity contribution in [2.45, 2.75) is 13.5 Å². The van der Waals surface area contributed by atoms with Crippen LogP contribution in [0.1, 0.15) is 21.6 Å². The molecule has 0 bridgehead atoms. The average molecular weight is 393 g/mol. The molecule has 0 aliphatic heterocycles. The van der Waals surface area contributed by atoms with Gasteiger partial charge in [-0.1, -0.05) is 35.0 Å². The Kier molecular flexibility index (Phi) is 4.90. The molecule has 6 nitrogen and oxygen atoms in total. The number of benzene rings is 2. The molecule has 1 N–H and O–H groups in total. The predicted molar refractivity (Wildman–Crippen MR) is 104 cm³/mol. The summed E-state index contributed by atoms with van der Waals surface area (Å²) >= 11 is 0. The number of hydrogen-bond donors (Lipinski definition) is 1. The summed E-state index contributed by atoms with van der Waals surface area (Å²) in [6, 6.07) is 14.4. The van der Waals surface area contributed by atoms with E-state index in [4.69, 9.17) is 0 Å². The Morgan fingerprint density at radius 2 is 1.69 bits per heavy atom. The summed E-state index contributed by atoms with van der Waals surface area (Å²) < 4.78 is 30.2. The molecule has 0 aliphatic rings. The second-order valence-electron chi connectivity index (χ2n) is 6.61. The molecule has 0 fully saturated rings. The molecule has 0 saturated heterocycles. The van der Waals surface area contributed by atoms with Gasteiger partial charge in [0, 0.05) is 24.1 Å². The van der Waals surface area contributed by atoms with Gasteiger partial charge in [-0.15, -0.1) is 5.10 Å². The first kappa shape index (κ1) is 18.5. The lowest BCUT2D eigenvalue weighted by atomic mass is 10.1. The van der Waals surface area contributed by atoms with E-state index < -0.39 is 17.5 Å². The van der Waals surface area contributed by atoms with E-state index in [0.29, 0.717) is 12.4 Å². The van der Waals surface area contributed by atoms with Gasteiger partial charge in [0.1, 0.15) is 11.6 Å². The number of rotatable bonds is 5. The highest BCUT2D eigenvalue weighted by Gasteiger charge is 2.22. The fourth-order valence-corrected chi connectivity index (χ4v) is 2.98. The number of nitrogens with one attached hydrogen (secondary N) is 1. The van der Waals surface area contributed by atoms with E-state index in [-0.39, 0.29) is 11.4 Å². The summed E-state index contributed by atoms with van der Waals surface area (Å²) in [7, 11) is 0. The first-order valence-electron chi connectivity index (χ1n) is 8.89. The van der Waals surface area contributed by atoms with E-state index >= 15 is 0 Å². The fraction of sp³-hybridized carbons (Fsp3) is 0.0952. The van der Waals surface area contributed by atoms with E-state index in [2.05, 4.69) is 15.6 Å². The van der Waals surface area contributed by atoms with Gasteiger partial charge in [0.15, 0.2) is 11.5 Å². The summed E-state index contributed by atoms with van der Waals surface area (Å²) in [4.78, 5) is 12.8. The van der Waals surface area contributed by atoms with E-state index in [1.807, 2.05) is 43.3 Å². The summed E-state index contributed by atoms with van der Waals surface area (Å²) in [6.45, 7) is 2.41. The number of carbonyl (C=O) groups excluding carboxylic acids is 1. The number of amides is 1. The standard InChI is InChI=1S/C21H17F2N5O/c1-14-4-6-15(7-5-14)13-28-21(27-8-2-3-9-27)19(25-26-28)20(29)24-18-11-16(22)10-17(23)12-18/h2-12H,13H2,1H3,(H,24,29). The third-order valence-electron chi connectivity index (χ3n) is 4.35. The maximum Gasteiger partial charge on any atom is 0.280 e. The van der Waals surface area contributed by atoms with E-state index in [1.54, 1.807) is 21.6 Å². The Bertz CT molecular complexity index is 1130. The normalized spacial score (nSPS) is 10.9. The molecule has 0 spiro atoms. The lowest BCUT2D eigenvalue weighted by molar-refractivity contribution is 0.102. The van der Waals surface area contributed by atoms with Crippen molar-refractivity contribution in [1.82, 2.24) is 19.6 Å². The number of aryl methyl sites for hydroxylation is 1. The molecule has 2 heterocycles. The van der Waals surface area contributed by atoms with Crippen LogP contribution < -0.4 is 5.32 Å². The summed E-state index contributed by atoms with van der Waals surface area (Å²) in [5.74, 6) is -1.73. The number of aromatic nitrogens is 4. The van der Waals surface area contributed by atoms with Crippen LogP contribution in [0.15, 0.2) is 67.0 Å². The molecule has 0 saturated carbocycles. The van der Waals surface area contributed by atoms with Gasteiger partial charge in [0.25, 0.3) is 5.91 Å². The highest BCUT2D eigenvalue weighted by atomic mass is 19.1. The fourth-order valence-electron chi connectivity index (χ4n) is 2.98. The van der Waals surface area contributed by atoms with Crippen molar-refractivity contribution in [2.75, 3.05) is 5.32 Å². The molecule has 4 rings (SSSR count). The molecular formula is C21H17F2N5O. The Labute approximate surface area is 165 Å². The van der Waals surface area contributed by atoms with Gasteiger partial charge in [-0.25, -0.2) is 13.5 Å². The maximum atomic E-state index is 13.4. The Morgan fingerprint density at radius 3 is 2.34 bits per heavy atom. The number of halogens is 2. The molecule has 0 atom stereocenters. The lowest BCUT2D eigenvalue weighted by Crippen LogP contribution is -2.17. The zero-order chi connectivity index (χ0) is 20.4. The van der Waals surface area contributed by atoms with Crippen LogP contribution in [0.5, 0.6) is 0 Å². The molecule has 2 aromatic carbocycles.